The molecule has 0 radical (unpaired) electrons. The molecule has 0 amide bonds. The van der Waals surface area contributed by atoms with Gasteiger partial charge in [-0.05, 0) is 43.5 Å². The molecule has 0 spiro atoms. The van der Waals surface area contributed by atoms with Crippen molar-refractivity contribution in [3.63, 3.8) is 0 Å². The molecule has 0 aliphatic carbocycles. The lowest BCUT2D eigenvalue weighted by molar-refractivity contribution is 0.0876. The molecule has 4 heteroatoms. The van der Waals surface area contributed by atoms with Gasteiger partial charge in [0.1, 0.15) is 0 Å². The van der Waals surface area contributed by atoms with Crippen LogP contribution in [0.5, 0.6) is 0 Å². The van der Waals surface area contributed by atoms with Crippen molar-refractivity contribution in [3.05, 3.63) is 35.0 Å². The maximum absolute atomic E-state index is 6.40. The molecule has 0 saturated carbocycles. The van der Waals surface area contributed by atoms with Gasteiger partial charge in [-0.15, -0.1) is 0 Å². The molecule has 1 aliphatic heterocycles. The minimum absolute atomic E-state index is 0.331. The predicted octanol–water partition coefficient (Wildman–Crippen LogP) is 3.79. The largest absolute Gasteiger partial charge is 0.379 e. The molecular formula is C15H17ClN2O. The number of benzene rings is 1. The van der Waals surface area contributed by atoms with Crippen LogP contribution >= 0.6 is 11.6 Å². The van der Waals surface area contributed by atoms with Gasteiger partial charge in [0.2, 0.25) is 0 Å². The fourth-order valence-electron chi connectivity index (χ4n) is 2.59. The minimum atomic E-state index is 0.331. The van der Waals surface area contributed by atoms with E-state index in [1.807, 2.05) is 25.3 Å². The van der Waals surface area contributed by atoms with E-state index in [-0.39, 0.29) is 0 Å². The number of rotatable bonds is 2. The third-order valence-electron chi connectivity index (χ3n) is 3.54. The van der Waals surface area contributed by atoms with E-state index in [9.17, 15) is 0 Å². The molecule has 1 unspecified atom stereocenters. The molecule has 0 bridgehead atoms. The Kier molecular flexibility index (Phi) is 3.58. The van der Waals surface area contributed by atoms with Crippen LogP contribution < -0.4 is 5.32 Å². The molecular weight excluding hydrogens is 260 g/mol. The summed E-state index contributed by atoms with van der Waals surface area (Å²) in [4.78, 5) is 4.45. The highest BCUT2D eigenvalue weighted by atomic mass is 35.5. The van der Waals surface area contributed by atoms with Crippen molar-refractivity contribution in [1.29, 1.82) is 0 Å². The highest BCUT2D eigenvalue weighted by molar-refractivity contribution is 6.35. The number of anilines is 1. The number of aromatic nitrogens is 1. The molecule has 1 aromatic carbocycles. The second-order valence-electron chi connectivity index (χ2n) is 5.01. The fourth-order valence-corrected chi connectivity index (χ4v) is 2.91. The van der Waals surface area contributed by atoms with Gasteiger partial charge < -0.3 is 10.1 Å². The second-order valence-corrected chi connectivity index (χ2v) is 5.42. The topological polar surface area (TPSA) is 34.1 Å². The van der Waals surface area contributed by atoms with Gasteiger partial charge >= 0.3 is 0 Å². The molecule has 19 heavy (non-hydrogen) atoms. The van der Waals surface area contributed by atoms with Crippen molar-refractivity contribution < 1.29 is 4.74 Å². The first kappa shape index (κ1) is 12.7. The van der Waals surface area contributed by atoms with Crippen molar-refractivity contribution in [3.8, 4) is 0 Å². The molecule has 1 fully saturated rings. The summed E-state index contributed by atoms with van der Waals surface area (Å²) in [6, 6.07) is 6.31. The average Bonchev–Trinajstić information content (AvgIpc) is 2.45. The second kappa shape index (κ2) is 5.35. The summed E-state index contributed by atoms with van der Waals surface area (Å²) in [5, 5.41) is 5.36. The van der Waals surface area contributed by atoms with Crippen LogP contribution in [0.4, 0.5) is 5.69 Å². The molecule has 3 nitrogen and oxygen atoms in total. The zero-order chi connectivity index (χ0) is 13.2. The Morgan fingerprint density at radius 1 is 1.47 bits per heavy atom. The van der Waals surface area contributed by atoms with E-state index in [2.05, 4.69) is 16.4 Å². The van der Waals surface area contributed by atoms with Crippen LogP contribution in [-0.4, -0.2) is 24.2 Å². The average molecular weight is 277 g/mol. The Balaban J connectivity index is 2.01. The highest BCUT2D eigenvalue weighted by Gasteiger charge is 2.17. The first-order valence-electron chi connectivity index (χ1n) is 6.64. The number of aryl methyl sites for hydroxylation is 1. The number of nitrogens with one attached hydrogen (secondary N) is 1. The van der Waals surface area contributed by atoms with Gasteiger partial charge in [-0.3, -0.25) is 4.98 Å². The van der Waals surface area contributed by atoms with Gasteiger partial charge in [0.25, 0.3) is 0 Å². The lowest BCUT2D eigenvalue weighted by Crippen LogP contribution is -2.30. The van der Waals surface area contributed by atoms with E-state index in [4.69, 9.17) is 16.3 Å². The predicted molar refractivity (Wildman–Crippen MR) is 79.0 cm³/mol. The Hall–Kier alpha value is -1.32. The van der Waals surface area contributed by atoms with E-state index < -0.39 is 0 Å². The lowest BCUT2D eigenvalue weighted by Gasteiger charge is -2.25. The van der Waals surface area contributed by atoms with Crippen LogP contribution in [0.25, 0.3) is 10.9 Å². The molecule has 2 heterocycles. The maximum atomic E-state index is 6.40. The Bertz CT molecular complexity index is 594. The molecule has 1 aromatic heterocycles. The number of nitrogens with zero attached hydrogens (tertiary/aromatic N) is 1. The Morgan fingerprint density at radius 3 is 3.16 bits per heavy atom. The summed E-state index contributed by atoms with van der Waals surface area (Å²) in [7, 11) is 0. The van der Waals surface area contributed by atoms with Crippen molar-refractivity contribution in [2.75, 3.05) is 18.5 Å². The van der Waals surface area contributed by atoms with Gasteiger partial charge in [0.05, 0.1) is 22.8 Å². The number of hydrogen-bond donors (Lipinski definition) is 1. The number of pyridine rings is 1. The van der Waals surface area contributed by atoms with Crippen LogP contribution in [0.15, 0.2) is 24.4 Å². The van der Waals surface area contributed by atoms with E-state index in [0.29, 0.717) is 6.04 Å². The fraction of sp³-hybridized carbons (Fsp3) is 0.400. The number of hydrogen-bond acceptors (Lipinski definition) is 3. The summed E-state index contributed by atoms with van der Waals surface area (Å²) < 4.78 is 5.51. The van der Waals surface area contributed by atoms with Gasteiger partial charge in [-0.25, -0.2) is 0 Å². The first-order chi connectivity index (χ1) is 9.25. The van der Waals surface area contributed by atoms with Crippen LogP contribution in [0.1, 0.15) is 18.4 Å². The van der Waals surface area contributed by atoms with Crippen LogP contribution in [-0.2, 0) is 4.74 Å². The molecule has 1 N–H and O–H groups in total. The number of halogens is 1. The molecule has 2 aromatic rings. The zero-order valence-electron chi connectivity index (χ0n) is 10.9. The van der Waals surface area contributed by atoms with Gasteiger partial charge in [-0.2, -0.15) is 0 Å². The van der Waals surface area contributed by atoms with Crippen molar-refractivity contribution in [2.24, 2.45) is 0 Å². The summed E-state index contributed by atoms with van der Waals surface area (Å²) in [6.07, 6.45) is 4.03. The van der Waals surface area contributed by atoms with E-state index in [1.165, 1.54) is 0 Å². The monoisotopic (exact) mass is 276 g/mol. The van der Waals surface area contributed by atoms with Gasteiger partial charge in [0.15, 0.2) is 0 Å². The summed E-state index contributed by atoms with van der Waals surface area (Å²) in [5.41, 5.74) is 3.09. The number of fused-ring (bicyclic) bond motifs is 1. The third kappa shape index (κ3) is 2.53. The number of ether oxygens (including phenoxy) is 1. The van der Waals surface area contributed by atoms with Gasteiger partial charge in [0, 0.05) is 24.2 Å². The van der Waals surface area contributed by atoms with Crippen LogP contribution in [0.3, 0.4) is 0 Å². The summed E-state index contributed by atoms with van der Waals surface area (Å²) in [5.74, 6) is 0. The smallest absolute Gasteiger partial charge is 0.0752 e. The van der Waals surface area contributed by atoms with E-state index in [1.54, 1.807) is 0 Å². The van der Waals surface area contributed by atoms with Crippen molar-refractivity contribution >= 4 is 28.2 Å². The van der Waals surface area contributed by atoms with Crippen molar-refractivity contribution in [1.82, 2.24) is 4.98 Å². The highest BCUT2D eigenvalue weighted by Crippen LogP contribution is 2.33. The SMILES string of the molecule is Cc1cc(Cl)c(NC2CCCOC2)c2cccnc12. The minimum Gasteiger partial charge on any atom is -0.379 e. The molecule has 1 aliphatic rings. The first-order valence-corrected chi connectivity index (χ1v) is 7.01. The van der Waals surface area contributed by atoms with Crippen LogP contribution in [0, 0.1) is 6.92 Å². The molecule has 1 saturated heterocycles. The molecule has 3 rings (SSSR count). The van der Waals surface area contributed by atoms with E-state index in [0.717, 1.165) is 53.2 Å². The summed E-state index contributed by atoms with van der Waals surface area (Å²) in [6.45, 7) is 3.64. The van der Waals surface area contributed by atoms with Crippen LogP contribution in [0.2, 0.25) is 5.02 Å². The lowest BCUT2D eigenvalue weighted by atomic mass is 10.1. The van der Waals surface area contributed by atoms with Gasteiger partial charge in [-0.1, -0.05) is 11.6 Å². The zero-order valence-corrected chi connectivity index (χ0v) is 11.7. The Labute approximate surface area is 117 Å². The normalized spacial score (nSPS) is 19.6. The third-order valence-corrected chi connectivity index (χ3v) is 3.84. The van der Waals surface area contributed by atoms with E-state index >= 15 is 0 Å². The standard InChI is InChI=1S/C15H17ClN2O/c1-10-8-13(16)15(12-5-2-6-17-14(10)12)18-11-4-3-7-19-9-11/h2,5-6,8,11,18H,3-4,7,9H2,1H3. The molecule has 1 atom stereocenters. The van der Waals surface area contributed by atoms with Crippen molar-refractivity contribution in [2.45, 2.75) is 25.8 Å². The Morgan fingerprint density at radius 2 is 2.37 bits per heavy atom. The summed E-state index contributed by atoms with van der Waals surface area (Å²) >= 11 is 6.40. The quantitative estimate of drug-likeness (QED) is 0.906. The maximum Gasteiger partial charge on any atom is 0.0752 e. The molecule has 100 valence electrons.